The van der Waals surface area contributed by atoms with Crippen LogP contribution in [0.1, 0.15) is 148 Å². The number of aliphatic carboxylic acids is 1. The van der Waals surface area contributed by atoms with E-state index in [9.17, 15) is 14.7 Å². The van der Waals surface area contributed by atoms with Crippen LogP contribution in [0.25, 0.3) is 0 Å². The first-order valence-electron chi connectivity index (χ1n) is 13.0. The molecule has 0 rings (SSSR count). The van der Waals surface area contributed by atoms with Crippen molar-refractivity contribution in [3.8, 4) is 0 Å². The fraction of sp³-hybridized carbons (Fsp3) is 0.923. The number of carbonyl (C=O) groups is 2. The molecule has 31 heavy (non-hydrogen) atoms. The fourth-order valence-corrected chi connectivity index (χ4v) is 3.82. The van der Waals surface area contributed by atoms with Gasteiger partial charge in [0.15, 0.2) is 0 Å². The molecule has 0 aliphatic heterocycles. The number of carboxylic acids is 1. The number of rotatable bonds is 24. The molecule has 0 aromatic carbocycles. The Morgan fingerprint density at radius 2 is 0.871 bits per heavy atom. The molecule has 0 radical (unpaired) electrons. The van der Waals surface area contributed by atoms with Gasteiger partial charge in [-0.15, -0.1) is 0 Å². The summed E-state index contributed by atoms with van der Waals surface area (Å²) in [6.45, 7) is 2.69. The number of carbonyl (C=O) groups excluding carboxylic acids is 2. The molecule has 0 aliphatic carbocycles. The first-order valence-corrected chi connectivity index (χ1v) is 13.0. The van der Waals surface area contributed by atoms with Crippen molar-refractivity contribution >= 4 is 11.9 Å². The minimum Gasteiger partial charge on any atom is -0.550 e. The van der Waals surface area contributed by atoms with Gasteiger partial charge in [0.05, 0.1) is 13.0 Å². The molecule has 0 aromatic rings. The van der Waals surface area contributed by atoms with Gasteiger partial charge in [0, 0.05) is 5.97 Å². The zero-order valence-corrected chi connectivity index (χ0v) is 23.6. The minimum absolute atomic E-state index is 0. The second kappa shape index (κ2) is 27.6. The maximum Gasteiger partial charge on any atom is 2.00 e. The maximum absolute atomic E-state index is 11.2. The first-order chi connectivity index (χ1) is 14.7. The van der Waals surface area contributed by atoms with Crippen LogP contribution in [0.3, 0.4) is 0 Å². The average Bonchev–Trinajstić information content (AvgIpc) is 2.73. The van der Waals surface area contributed by atoms with Crippen LogP contribution in [0.15, 0.2) is 0 Å². The van der Waals surface area contributed by atoms with Crippen molar-refractivity contribution in [2.75, 3.05) is 6.61 Å². The van der Waals surface area contributed by atoms with E-state index in [0.717, 1.165) is 12.8 Å². The second-order valence-electron chi connectivity index (χ2n) is 8.81. The summed E-state index contributed by atoms with van der Waals surface area (Å²) in [5.74, 6) is -1.64. The van der Waals surface area contributed by atoms with Crippen molar-refractivity contribution in [3.05, 3.63) is 0 Å². The molecule has 5 heteroatoms. The molecule has 0 heterocycles. The van der Waals surface area contributed by atoms with Crippen molar-refractivity contribution in [1.29, 1.82) is 0 Å². The van der Waals surface area contributed by atoms with Gasteiger partial charge in [-0.3, -0.25) is 4.79 Å². The van der Waals surface area contributed by atoms with E-state index in [1.54, 1.807) is 0 Å². The van der Waals surface area contributed by atoms with E-state index in [4.69, 9.17) is 4.74 Å². The van der Waals surface area contributed by atoms with Crippen molar-refractivity contribution in [2.45, 2.75) is 148 Å². The quantitative estimate of drug-likeness (QED) is 0.0840. The fourth-order valence-electron chi connectivity index (χ4n) is 3.82. The van der Waals surface area contributed by atoms with Crippen molar-refractivity contribution in [2.24, 2.45) is 0 Å². The smallest absolute Gasteiger partial charge is 0.550 e. The van der Waals surface area contributed by atoms with Gasteiger partial charge in [-0.1, -0.05) is 129 Å². The summed E-state index contributed by atoms with van der Waals surface area (Å²) in [5, 5.41) is 10.2. The first kappa shape index (κ1) is 32.7. The number of carboxylic acid groups (broad SMARTS) is 1. The van der Waals surface area contributed by atoms with Crippen LogP contribution in [0.4, 0.5) is 0 Å². The molecule has 0 N–H and O–H groups in total. The van der Waals surface area contributed by atoms with E-state index in [1.807, 2.05) is 0 Å². The van der Waals surface area contributed by atoms with Crippen LogP contribution in [0.5, 0.6) is 0 Å². The zero-order valence-electron chi connectivity index (χ0n) is 20.6. The van der Waals surface area contributed by atoms with E-state index in [0.29, 0.717) is 6.61 Å². The molecule has 0 bridgehead atoms. The van der Waals surface area contributed by atoms with Crippen LogP contribution in [0, 0.1) is 0 Å². The molecule has 0 aromatic heterocycles. The van der Waals surface area contributed by atoms with Gasteiger partial charge in [0.25, 0.3) is 0 Å². The molecule has 0 spiro atoms. The Morgan fingerprint density at radius 3 is 1.19 bits per heavy atom. The predicted octanol–water partition coefficient (Wildman–Crippen LogP) is 6.88. The monoisotopic (exact) mass is 489 g/mol. The zero-order chi connectivity index (χ0) is 22.1. The van der Waals surface area contributed by atoms with Gasteiger partial charge in [-0.05, 0) is 12.8 Å². The third kappa shape index (κ3) is 29.6. The summed E-state index contributed by atoms with van der Waals surface area (Å²) in [6, 6.07) is 0. The van der Waals surface area contributed by atoms with E-state index >= 15 is 0 Å². The van der Waals surface area contributed by atoms with Gasteiger partial charge in [0.2, 0.25) is 0 Å². The summed E-state index contributed by atoms with van der Waals surface area (Å²) in [7, 11) is 0. The van der Waals surface area contributed by atoms with Crippen LogP contribution in [-0.4, -0.2) is 18.5 Å². The molecule has 0 aliphatic rings. The summed E-state index contributed by atoms with van der Waals surface area (Å²) >= 11 is 0. The van der Waals surface area contributed by atoms with Gasteiger partial charge in [0.1, 0.15) is 0 Å². The molecule has 0 saturated heterocycles. The number of ether oxygens (including phenoxy) is 1. The Bertz CT molecular complexity index is 388. The van der Waals surface area contributed by atoms with Crippen LogP contribution >= 0.6 is 0 Å². The molecule has 0 unspecified atom stereocenters. The van der Waals surface area contributed by atoms with Crippen LogP contribution in [0.2, 0.25) is 0 Å². The SMILES string of the molecule is CCCCCCCCCCCCCCCCCCCCCCOC(=O)CCC(=O)[O-].[Zn+2]. The third-order valence-electron chi connectivity index (χ3n) is 5.79. The van der Waals surface area contributed by atoms with Gasteiger partial charge in [-0.2, -0.15) is 0 Å². The Hall–Kier alpha value is -0.437. The second-order valence-corrected chi connectivity index (χ2v) is 8.81. The normalized spacial score (nSPS) is 10.6. The summed E-state index contributed by atoms with van der Waals surface area (Å²) < 4.78 is 5.00. The van der Waals surface area contributed by atoms with E-state index in [2.05, 4.69) is 6.92 Å². The molecule has 0 atom stereocenters. The van der Waals surface area contributed by atoms with Crippen LogP contribution in [-0.2, 0) is 33.8 Å². The molecular weight excluding hydrogens is 442 g/mol. The Morgan fingerprint density at radius 1 is 0.548 bits per heavy atom. The van der Waals surface area contributed by atoms with E-state index < -0.39 is 11.9 Å². The number of hydrogen-bond acceptors (Lipinski definition) is 4. The minimum atomic E-state index is -1.20. The largest absolute Gasteiger partial charge is 2.00 e. The molecule has 0 fully saturated rings. The molecular formula is C26H49O4Zn+. The average molecular weight is 491 g/mol. The number of unbranched alkanes of at least 4 members (excludes halogenated alkanes) is 19. The van der Waals surface area contributed by atoms with Crippen molar-refractivity contribution in [3.63, 3.8) is 0 Å². The van der Waals surface area contributed by atoms with Gasteiger partial charge < -0.3 is 14.6 Å². The summed E-state index contributed by atoms with van der Waals surface area (Å²) in [5.41, 5.74) is 0. The summed E-state index contributed by atoms with van der Waals surface area (Å²) in [4.78, 5) is 21.5. The Labute approximate surface area is 205 Å². The van der Waals surface area contributed by atoms with Crippen LogP contribution < -0.4 is 5.11 Å². The number of esters is 1. The van der Waals surface area contributed by atoms with Crippen molar-refractivity contribution < 1.29 is 38.9 Å². The topological polar surface area (TPSA) is 66.4 Å². The molecule has 4 nitrogen and oxygen atoms in total. The summed E-state index contributed by atoms with van der Waals surface area (Å²) in [6.07, 6.45) is 26.5. The Balaban J connectivity index is 0. The van der Waals surface area contributed by atoms with Gasteiger partial charge in [-0.25, -0.2) is 0 Å². The molecule has 178 valence electrons. The molecule has 0 amide bonds. The predicted molar refractivity (Wildman–Crippen MR) is 123 cm³/mol. The molecule has 0 saturated carbocycles. The maximum atomic E-state index is 11.2. The Kier molecular flexibility index (Phi) is 29.1. The standard InChI is InChI=1S/C26H50O4.Zn/c1-2-3-4-5-6-7-8-9-10-11-12-13-14-15-16-17-18-19-20-21-24-30-26(29)23-22-25(27)28;/h2-24H2,1H3,(H,27,28);/q;+2/p-1. The van der Waals surface area contributed by atoms with E-state index in [-0.39, 0.29) is 32.3 Å². The van der Waals surface area contributed by atoms with Crippen molar-refractivity contribution in [1.82, 2.24) is 0 Å². The van der Waals surface area contributed by atoms with E-state index in [1.165, 1.54) is 116 Å². The third-order valence-corrected chi connectivity index (χ3v) is 5.79. The number of hydrogen-bond donors (Lipinski definition) is 0. The van der Waals surface area contributed by atoms with Gasteiger partial charge >= 0.3 is 25.4 Å².